The summed E-state index contributed by atoms with van der Waals surface area (Å²) in [5, 5.41) is 7.93. The molecule has 1 fully saturated rings. The van der Waals surface area contributed by atoms with Crippen LogP contribution in [0.2, 0.25) is 0 Å². The quantitative estimate of drug-likeness (QED) is 0.268. The number of nitrogens with one attached hydrogen (secondary N) is 1. The van der Waals surface area contributed by atoms with E-state index in [4.69, 9.17) is 59.2 Å². The van der Waals surface area contributed by atoms with Crippen molar-refractivity contribution in [1.82, 2.24) is 0 Å². The summed E-state index contributed by atoms with van der Waals surface area (Å²) in [4.78, 5) is 0. The third kappa shape index (κ3) is 7.08. The molecule has 2 aromatic rings. The van der Waals surface area contributed by atoms with Crippen molar-refractivity contribution in [1.29, 1.82) is 5.41 Å². The van der Waals surface area contributed by atoms with Gasteiger partial charge in [-0.05, 0) is 17.0 Å². The zero-order valence-corrected chi connectivity index (χ0v) is 20.3. The van der Waals surface area contributed by atoms with Crippen LogP contribution in [0, 0.1) is 17.2 Å². The number of benzene rings is 2. The fraction of sp³-hybridized carbons (Fsp3) is 0.458. The number of ether oxygens (including phenoxy) is 4. The van der Waals surface area contributed by atoms with Crippen molar-refractivity contribution in [3.8, 4) is 0 Å². The molecule has 0 amide bonds. The van der Waals surface area contributed by atoms with Gasteiger partial charge < -0.3 is 18.9 Å². The molecular weight excluding hydrogens is 473 g/mol. The highest BCUT2D eigenvalue weighted by Crippen LogP contribution is 2.36. The number of hydrogen-bond donors (Lipinski definition) is 1. The summed E-state index contributed by atoms with van der Waals surface area (Å²) in [6.45, 7) is 5.25. The normalized spacial score (nSPS) is 26.0. The molecule has 0 saturated carbocycles. The standard InChI is InChI=1S/C24H28Cl3NO4/c1-16-17(2)22(32-23(28)24(25,26)27)31-20(15-29-13-18-9-5-3-6-10-18)21(16)30-14-19-11-7-4-8-12-19/h3-12,16-17,20-22,28H,13-15H2,1-2H3/t16-,17?,20?,21-,22?/m1/s1. The molecule has 3 unspecified atom stereocenters. The molecule has 0 aliphatic carbocycles. The van der Waals surface area contributed by atoms with Crippen molar-refractivity contribution in [3.05, 3.63) is 71.8 Å². The van der Waals surface area contributed by atoms with Crippen LogP contribution >= 0.6 is 34.8 Å². The van der Waals surface area contributed by atoms with Gasteiger partial charge in [-0.2, -0.15) is 0 Å². The lowest BCUT2D eigenvalue weighted by Crippen LogP contribution is -2.53. The Hall–Kier alpha value is -1.34. The summed E-state index contributed by atoms with van der Waals surface area (Å²) in [7, 11) is 0. The molecule has 5 nitrogen and oxygen atoms in total. The molecule has 0 radical (unpaired) electrons. The zero-order chi connectivity index (χ0) is 23.1. The summed E-state index contributed by atoms with van der Waals surface area (Å²) in [5.74, 6) is -0.529. The maximum absolute atomic E-state index is 7.93. The molecule has 8 heteroatoms. The molecule has 2 aromatic carbocycles. The molecule has 1 aliphatic rings. The van der Waals surface area contributed by atoms with Crippen LogP contribution in [0.5, 0.6) is 0 Å². The van der Waals surface area contributed by atoms with Crippen LogP contribution in [0.3, 0.4) is 0 Å². The van der Waals surface area contributed by atoms with Crippen molar-refractivity contribution < 1.29 is 18.9 Å². The van der Waals surface area contributed by atoms with Gasteiger partial charge in [0, 0.05) is 5.92 Å². The molecule has 0 spiro atoms. The summed E-state index contributed by atoms with van der Waals surface area (Å²) in [5.41, 5.74) is 2.14. The molecule has 1 saturated heterocycles. The lowest BCUT2D eigenvalue weighted by atomic mass is 9.84. The maximum Gasteiger partial charge on any atom is 0.265 e. The summed E-state index contributed by atoms with van der Waals surface area (Å²) < 4.78 is 22.1. The fourth-order valence-electron chi connectivity index (χ4n) is 3.60. The van der Waals surface area contributed by atoms with E-state index in [1.165, 1.54) is 0 Å². The van der Waals surface area contributed by atoms with Gasteiger partial charge in [0.2, 0.25) is 12.2 Å². The molecule has 0 aromatic heterocycles. The van der Waals surface area contributed by atoms with E-state index in [1.807, 2.05) is 67.6 Å². The van der Waals surface area contributed by atoms with Crippen molar-refractivity contribution in [3.63, 3.8) is 0 Å². The van der Waals surface area contributed by atoms with Gasteiger partial charge in [0.05, 0.1) is 25.9 Å². The Labute approximate surface area is 204 Å². The van der Waals surface area contributed by atoms with Crippen LogP contribution in [0.25, 0.3) is 0 Å². The van der Waals surface area contributed by atoms with Crippen molar-refractivity contribution in [2.75, 3.05) is 6.61 Å². The van der Waals surface area contributed by atoms with Gasteiger partial charge in [0.25, 0.3) is 3.79 Å². The monoisotopic (exact) mass is 499 g/mol. The minimum absolute atomic E-state index is 0.0472. The number of halogens is 3. The fourth-order valence-corrected chi connectivity index (χ4v) is 3.74. The molecule has 1 aliphatic heterocycles. The highest BCUT2D eigenvalue weighted by atomic mass is 35.6. The minimum Gasteiger partial charge on any atom is -0.448 e. The van der Waals surface area contributed by atoms with E-state index in [0.717, 1.165) is 11.1 Å². The van der Waals surface area contributed by atoms with Gasteiger partial charge in [-0.3, -0.25) is 5.41 Å². The lowest BCUT2D eigenvalue weighted by molar-refractivity contribution is -0.259. The predicted octanol–water partition coefficient (Wildman–Crippen LogP) is 6.15. The molecule has 32 heavy (non-hydrogen) atoms. The Balaban J connectivity index is 1.69. The smallest absolute Gasteiger partial charge is 0.265 e. The van der Waals surface area contributed by atoms with E-state index < -0.39 is 22.1 Å². The molecule has 1 heterocycles. The van der Waals surface area contributed by atoms with Crippen LogP contribution in [-0.2, 0) is 32.2 Å². The van der Waals surface area contributed by atoms with E-state index in [2.05, 4.69) is 6.92 Å². The second-order valence-electron chi connectivity index (χ2n) is 7.97. The first-order chi connectivity index (χ1) is 15.3. The van der Waals surface area contributed by atoms with Crippen molar-refractivity contribution in [2.24, 2.45) is 11.8 Å². The van der Waals surface area contributed by atoms with E-state index in [1.54, 1.807) is 0 Å². The molecule has 1 N–H and O–H groups in total. The minimum atomic E-state index is -1.95. The van der Waals surface area contributed by atoms with Crippen LogP contribution < -0.4 is 0 Å². The predicted molar refractivity (Wildman–Crippen MR) is 127 cm³/mol. The number of hydrogen-bond acceptors (Lipinski definition) is 5. The molecule has 174 valence electrons. The molecular formula is C24H28Cl3NO4. The first-order valence-electron chi connectivity index (χ1n) is 10.5. The Morgan fingerprint density at radius 2 is 1.47 bits per heavy atom. The molecule has 0 bridgehead atoms. The topological polar surface area (TPSA) is 60.8 Å². The largest absolute Gasteiger partial charge is 0.448 e. The van der Waals surface area contributed by atoms with Gasteiger partial charge in [-0.25, -0.2) is 0 Å². The van der Waals surface area contributed by atoms with E-state index in [-0.39, 0.29) is 17.9 Å². The van der Waals surface area contributed by atoms with E-state index >= 15 is 0 Å². The maximum atomic E-state index is 7.93. The Bertz CT molecular complexity index is 847. The first-order valence-corrected chi connectivity index (χ1v) is 11.6. The zero-order valence-electron chi connectivity index (χ0n) is 18.0. The SMILES string of the molecule is CC1C(OC(=N)C(Cl)(Cl)Cl)OC(COCc2ccccc2)[C@H](OCc2ccccc2)[C@@H]1C. The Morgan fingerprint density at radius 1 is 0.906 bits per heavy atom. The van der Waals surface area contributed by atoms with Gasteiger partial charge in [-0.15, -0.1) is 0 Å². The van der Waals surface area contributed by atoms with Crippen LogP contribution in [0.4, 0.5) is 0 Å². The van der Waals surface area contributed by atoms with Crippen LogP contribution in [0.1, 0.15) is 25.0 Å². The molecule has 5 atom stereocenters. The van der Waals surface area contributed by atoms with E-state index in [0.29, 0.717) is 19.8 Å². The second kappa shape index (κ2) is 11.7. The average molecular weight is 501 g/mol. The summed E-state index contributed by atoms with van der Waals surface area (Å²) >= 11 is 17.4. The van der Waals surface area contributed by atoms with Gasteiger partial charge >= 0.3 is 0 Å². The number of alkyl halides is 3. The highest BCUT2D eigenvalue weighted by molar-refractivity contribution is 6.76. The molecule has 3 rings (SSSR count). The summed E-state index contributed by atoms with van der Waals surface area (Å²) in [6, 6.07) is 19.9. The second-order valence-corrected chi connectivity index (χ2v) is 10.2. The van der Waals surface area contributed by atoms with E-state index in [9.17, 15) is 0 Å². The number of rotatable bonds is 8. The van der Waals surface area contributed by atoms with Crippen molar-refractivity contribution >= 4 is 40.7 Å². The third-order valence-electron chi connectivity index (χ3n) is 5.62. The average Bonchev–Trinajstić information content (AvgIpc) is 2.77. The lowest BCUT2D eigenvalue weighted by Gasteiger charge is -2.44. The van der Waals surface area contributed by atoms with Crippen molar-refractivity contribution in [2.45, 2.75) is 49.4 Å². The van der Waals surface area contributed by atoms with Gasteiger partial charge in [0.1, 0.15) is 6.10 Å². The third-order valence-corrected chi connectivity index (χ3v) is 6.14. The Kier molecular flexibility index (Phi) is 9.23. The highest BCUT2D eigenvalue weighted by Gasteiger charge is 2.45. The van der Waals surface area contributed by atoms with Gasteiger partial charge in [-0.1, -0.05) is 109 Å². The van der Waals surface area contributed by atoms with Gasteiger partial charge in [0.15, 0.2) is 0 Å². The van der Waals surface area contributed by atoms with Crippen LogP contribution in [-0.4, -0.2) is 34.8 Å². The summed E-state index contributed by atoms with van der Waals surface area (Å²) in [6.07, 6.45) is -1.40. The first kappa shape index (κ1) is 25.3. The Morgan fingerprint density at radius 3 is 2.03 bits per heavy atom. The van der Waals surface area contributed by atoms with Crippen LogP contribution in [0.15, 0.2) is 60.7 Å².